The van der Waals surface area contributed by atoms with Gasteiger partial charge in [0.25, 0.3) is 0 Å². The molecule has 0 aromatic heterocycles. The minimum absolute atomic E-state index is 0.0933. The van der Waals surface area contributed by atoms with Crippen LogP contribution in [0.2, 0.25) is 0 Å². The molecule has 12 heavy (non-hydrogen) atoms. The van der Waals surface area contributed by atoms with Gasteiger partial charge < -0.3 is 0 Å². The summed E-state index contributed by atoms with van der Waals surface area (Å²) >= 11 is 0. The van der Waals surface area contributed by atoms with Gasteiger partial charge in [-0.3, -0.25) is 10.0 Å². The maximum absolute atomic E-state index is 11.2. The van der Waals surface area contributed by atoms with E-state index < -0.39 is 5.41 Å². The molecule has 0 rings (SSSR count). The third-order valence-corrected chi connectivity index (χ3v) is 1.69. The van der Waals surface area contributed by atoms with Crippen LogP contribution < -0.4 is 5.48 Å². The van der Waals surface area contributed by atoms with E-state index in [1.807, 2.05) is 13.8 Å². The van der Waals surface area contributed by atoms with Crippen molar-refractivity contribution in [2.75, 3.05) is 0 Å². The lowest BCUT2D eigenvalue weighted by molar-refractivity contribution is -0.139. The summed E-state index contributed by atoms with van der Waals surface area (Å²) in [6.07, 6.45) is 0.742. The fourth-order valence-corrected chi connectivity index (χ4v) is 1.56. The summed E-state index contributed by atoms with van der Waals surface area (Å²) in [6.45, 7) is 9.85. The lowest BCUT2D eigenvalue weighted by Gasteiger charge is -2.30. The molecule has 0 spiro atoms. The van der Waals surface area contributed by atoms with Crippen LogP contribution in [0.25, 0.3) is 0 Å². The molecule has 0 aliphatic heterocycles. The molecule has 0 fully saturated rings. The molecule has 2 N–H and O–H groups in total. The second kappa shape index (κ2) is 3.44. The third-order valence-electron chi connectivity index (χ3n) is 1.69. The van der Waals surface area contributed by atoms with Gasteiger partial charge in [-0.1, -0.05) is 34.6 Å². The number of nitrogens with one attached hydrogen (secondary N) is 1. The van der Waals surface area contributed by atoms with Crippen LogP contribution in [0.1, 0.15) is 41.0 Å². The van der Waals surface area contributed by atoms with E-state index in [0.717, 1.165) is 6.42 Å². The van der Waals surface area contributed by atoms with Crippen LogP contribution in [0.5, 0.6) is 0 Å². The summed E-state index contributed by atoms with van der Waals surface area (Å²) in [7, 11) is 0. The monoisotopic (exact) mass is 173 g/mol. The van der Waals surface area contributed by atoms with E-state index in [2.05, 4.69) is 20.8 Å². The Morgan fingerprint density at radius 1 is 1.25 bits per heavy atom. The van der Waals surface area contributed by atoms with E-state index in [-0.39, 0.29) is 11.3 Å². The molecule has 0 atom stereocenters. The number of amides is 1. The van der Waals surface area contributed by atoms with Gasteiger partial charge in [0.05, 0.1) is 0 Å². The highest BCUT2D eigenvalue weighted by atomic mass is 16.5. The molecule has 0 saturated carbocycles. The van der Waals surface area contributed by atoms with Gasteiger partial charge >= 0.3 is 0 Å². The maximum atomic E-state index is 11.2. The first-order valence-electron chi connectivity index (χ1n) is 4.13. The van der Waals surface area contributed by atoms with Crippen molar-refractivity contribution >= 4 is 5.91 Å². The zero-order valence-corrected chi connectivity index (χ0v) is 8.56. The maximum Gasteiger partial charge on any atom is 0.249 e. The van der Waals surface area contributed by atoms with Crippen LogP contribution in [0.15, 0.2) is 0 Å². The Labute approximate surface area is 74.1 Å². The van der Waals surface area contributed by atoms with E-state index in [1.165, 1.54) is 0 Å². The first-order chi connectivity index (χ1) is 5.19. The Kier molecular flexibility index (Phi) is 3.27. The fourth-order valence-electron chi connectivity index (χ4n) is 1.56. The number of carbonyl (C=O) groups excluding carboxylic acids is 1. The molecule has 3 nitrogen and oxygen atoms in total. The highest BCUT2D eigenvalue weighted by Crippen LogP contribution is 2.32. The molecule has 0 aromatic carbocycles. The zero-order valence-electron chi connectivity index (χ0n) is 8.56. The van der Waals surface area contributed by atoms with Gasteiger partial charge in [0.2, 0.25) is 5.91 Å². The molecule has 0 aromatic rings. The molecule has 0 aliphatic rings. The van der Waals surface area contributed by atoms with E-state index in [1.54, 1.807) is 5.48 Å². The summed E-state index contributed by atoms with van der Waals surface area (Å²) in [5.74, 6) is -0.322. The van der Waals surface area contributed by atoms with Crippen LogP contribution in [-0.2, 0) is 4.79 Å². The summed E-state index contributed by atoms with van der Waals surface area (Å²) in [4.78, 5) is 11.2. The number of rotatable bonds is 2. The number of hydroxylamine groups is 1. The Balaban J connectivity index is 4.32. The molecule has 1 amide bonds. The molecule has 0 radical (unpaired) electrons. The Bertz CT molecular complexity index is 168. The van der Waals surface area contributed by atoms with E-state index in [4.69, 9.17) is 5.21 Å². The Morgan fingerprint density at radius 3 is 1.92 bits per heavy atom. The summed E-state index contributed by atoms with van der Waals surface area (Å²) in [5.41, 5.74) is 1.28. The molecular weight excluding hydrogens is 154 g/mol. The summed E-state index contributed by atoms with van der Waals surface area (Å²) in [5, 5.41) is 8.47. The molecule has 0 heterocycles. The van der Waals surface area contributed by atoms with Crippen LogP contribution in [0.3, 0.4) is 0 Å². The van der Waals surface area contributed by atoms with Gasteiger partial charge in [0.1, 0.15) is 0 Å². The first-order valence-corrected chi connectivity index (χ1v) is 4.13. The predicted octanol–water partition coefficient (Wildman–Crippen LogP) is 1.95. The second-order valence-electron chi connectivity index (χ2n) is 5.06. The second-order valence-corrected chi connectivity index (χ2v) is 5.06. The normalized spacial score (nSPS) is 12.8. The highest BCUT2D eigenvalue weighted by molar-refractivity contribution is 5.80. The largest absolute Gasteiger partial charge is 0.289 e. The van der Waals surface area contributed by atoms with E-state index in [9.17, 15) is 4.79 Å². The van der Waals surface area contributed by atoms with Crippen molar-refractivity contribution in [3.63, 3.8) is 0 Å². The van der Waals surface area contributed by atoms with Crippen molar-refractivity contribution in [3.05, 3.63) is 0 Å². The van der Waals surface area contributed by atoms with Crippen molar-refractivity contribution in [2.24, 2.45) is 10.8 Å². The van der Waals surface area contributed by atoms with Crippen molar-refractivity contribution < 1.29 is 10.0 Å². The summed E-state index contributed by atoms with van der Waals surface area (Å²) < 4.78 is 0. The van der Waals surface area contributed by atoms with E-state index >= 15 is 0 Å². The Hall–Kier alpha value is -0.570. The van der Waals surface area contributed by atoms with Crippen LogP contribution in [0, 0.1) is 10.8 Å². The molecule has 0 bridgehead atoms. The van der Waals surface area contributed by atoms with Gasteiger partial charge in [-0.25, -0.2) is 5.48 Å². The SMILES string of the molecule is CC(C)(C)CC(C)(C)C(=O)NO. The van der Waals surface area contributed by atoms with Crippen molar-refractivity contribution in [2.45, 2.75) is 41.0 Å². The van der Waals surface area contributed by atoms with Gasteiger partial charge in [0, 0.05) is 5.41 Å². The lowest BCUT2D eigenvalue weighted by Crippen LogP contribution is -2.37. The van der Waals surface area contributed by atoms with E-state index in [0.29, 0.717) is 0 Å². The van der Waals surface area contributed by atoms with Crippen LogP contribution >= 0.6 is 0 Å². The van der Waals surface area contributed by atoms with Crippen molar-refractivity contribution in [3.8, 4) is 0 Å². The molecule has 0 aliphatic carbocycles. The quantitative estimate of drug-likeness (QED) is 0.495. The number of hydrogen-bond acceptors (Lipinski definition) is 2. The van der Waals surface area contributed by atoms with Crippen LogP contribution in [0.4, 0.5) is 0 Å². The third kappa shape index (κ3) is 3.72. The van der Waals surface area contributed by atoms with Crippen LogP contribution in [-0.4, -0.2) is 11.1 Å². The number of hydrogen-bond donors (Lipinski definition) is 2. The molecule has 0 unspecified atom stereocenters. The van der Waals surface area contributed by atoms with Gasteiger partial charge in [-0.15, -0.1) is 0 Å². The molecule has 3 heteroatoms. The van der Waals surface area contributed by atoms with Gasteiger partial charge in [0.15, 0.2) is 0 Å². The fraction of sp³-hybridized carbons (Fsp3) is 0.889. The first kappa shape index (κ1) is 11.4. The topological polar surface area (TPSA) is 49.3 Å². The zero-order chi connectivity index (χ0) is 9.99. The minimum atomic E-state index is -0.507. The summed E-state index contributed by atoms with van der Waals surface area (Å²) in [6, 6.07) is 0. The average molecular weight is 173 g/mol. The number of carbonyl (C=O) groups is 1. The standard InChI is InChI=1S/C9H19NO2/c1-8(2,3)6-9(4,5)7(11)10-12/h12H,6H2,1-5H3,(H,10,11). The average Bonchev–Trinajstić information content (AvgIpc) is 1.80. The van der Waals surface area contributed by atoms with Gasteiger partial charge in [-0.05, 0) is 11.8 Å². The minimum Gasteiger partial charge on any atom is -0.289 e. The Morgan fingerprint density at radius 2 is 1.67 bits per heavy atom. The highest BCUT2D eigenvalue weighted by Gasteiger charge is 2.32. The molecular formula is C9H19NO2. The lowest BCUT2D eigenvalue weighted by atomic mass is 9.76. The smallest absolute Gasteiger partial charge is 0.249 e. The van der Waals surface area contributed by atoms with Crippen molar-refractivity contribution in [1.29, 1.82) is 0 Å². The van der Waals surface area contributed by atoms with Gasteiger partial charge in [-0.2, -0.15) is 0 Å². The predicted molar refractivity (Wildman–Crippen MR) is 47.8 cm³/mol. The molecule has 72 valence electrons. The van der Waals surface area contributed by atoms with Crippen molar-refractivity contribution in [1.82, 2.24) is 5.48 Å². The molecule has 0 saturated heterocycles.